The number of carbonyl (C=O) groups excluding carboxylic acids is 2. The van der Waals surface area contributed by atoms with Gasteiger partial charge < -0.3 is 10.2 Å². The van der Waals surface area contributed by atoms with Crippen molar-refractivity contribution in [2.75, 3.05) is 23.7 Å². The molecular formula is C26H36FN3O4S. The lowest BCUT2D eigenvalue weighted by Gasteiger charge is -2.31. The molecule has 7 nitrogen and oxygen atoms in total. The van der Waals surface area contributed by atoms with E-state index in [2.05, 4.69) is 5.32 Å². The number of rotatable bonds is 13. The quantitative estimate of drug-likeness (QED) is 0.446. The van der Waals surface area contributed by atoms with E-state index in [1.165, 1.54) is 21.3 Å². The van der Waals surface area contributed by atoms with E-state index in [-0.39, 0.29) is 43.6 Å². The third-order valence-corrected chi connectivity index (χ3v) is 6.84. The molecule has 0 aliphatic carbocycles. The molecule has 2 aromatic carbocycles. The number of halogens is 1. The maximum atomic E-state index is 13.4. The fraction of sp³-hybridized carbons (Fsp3) is 0.462. The summed E-state index contributed by atoms with van der Waals surface area (Å²) in [5.74, 6) is -0.871. The Kier molecular flexibility index (Phi) is 10.7. The number of carbonyl (C=O) groups is 2. The van der Waals surface area contributed by atoms with Crippen LogP contribution in [0, 0.1) is 12.7 Å². The highest BCUT2D eigenvalue weighted by Gasteiger charge is 2.28. The van der Waals surface area contributed by atoms with E-state index in [9.17, 15) is 22.4 Å². The molecule has 0 unspecified atom stereocenters. The van der Waals surface area contributed by atoms with Crippen molar-refractivity contribution in [3.8, 4) is 0 Å². The molecule has 0 aliphatic rings. The second-order valence-corrected chi connectivity index (χ2v) is 10.5. The molecule has 192 valence electrons. The van der Waals surface area contributed by atoms with Crippen LogP contribution in [-0.4, -0.2) is 50.5 Å². The minimum absolute atomic E-state index is 0.0661. The first-order valence-electron chi connectivity index (χ1n) is 11.9. The zero-order valence-corrected chi connectivity index (χ0v) is 21.8. The number of nitrogens with one attached hydrogen (secondary N) is 1. The molecular weight excluding hydrogens is 469 g/mol. The van der Waals surface area contributed by atoms with Gasteiger partial charge in [0.25, 0.3) is 0 Å². The summed E-state index contributed by atoms with van der Waals surface area (Å²) in [6.45, 7) is 6.47. The number of hydrogen-bond acceptors (Lipinski definition) is 4. The Hall–Kier alpha value is -2.94. The molecule has 0 radical (unpaired) electrons. The Balaban J connectivity index is 2.19. The Morgan fingerprint density at radius 3 is 2.34 bits per heavy atom. The second-order valence-electron chi connectivity index (χ2n) is 8.64. The van der Waals surface area contributed by atoms with Crippen molar-refractivity contribution >= 4 is 27.5 Å². The Morgan fingerprint density at radius 2 is 1.77 bits per heavy atom. The Morgan fingerprint density at radius 1 is 1.09 bits per heavy atom. The molecule has 1 atom stereocenters. The average Bonchev–Trinajstić information content (AvgIpc) is 2.80. The van der Waals surface area contributed by atoms with Gasteiger partial charge in [-0.05, 0) is 61.6 Å². The van der Waals surface area contributed by atoms with Crippen LogP contribution in [0.1, 0.15) is 50.7 Å². The lowest BCUT2D eigenvalue weighted by atomic mass is 10.1. The predicted molar refractivity (Wildman–Crippen MR) is 137 cm³/mol. The summed E-state index contributed by atoms with van der Waals surface area (Å²) in [7, 11) is -3.54. The average molecular weight is 506 g/mol. The Bertz CT molecular complexity index is 1090. The van der Waals surface area contributed by atoms with Gasteiger partial charge >= 0.3 is 0 Å². The smallest absolute Gasteiger partial charge is 0.242 e. The van der Waals surface area contributed by atoms with Gasteiger partial charge in [-0.25, -0.2) is 12.8 Å². The molecule has 0 spiro atoms. The number of benzene rings is 2. The number of aryl methyl sites for hydroxylation is 1. The third-order valence-electron chi connectivity index (χ3n) is 5.64. The largest absolute Gasteiger partial charge is 0.354 e. The first-order valence-corrected chi connectivity index (χ1v) is 13.8. The summed E-state index contributed by atoms with van der Waals surface area (Å²) < 4.78 is 39.5. The monoisotopic (exact) mass is 505 g/mol. The molecule has 0 aromatic heterocycles. The number of amides is 2. The summed E-state index contributed by atoms with van der Waals surface area (Å²) in [5, 5.41) is 2.85. The summed E-state index contributed by atoms with van der Waals surface area (Å²) in [5.41, 5.74) is 2.19. The van der Waals surface area contributed by atoms with Crippen LogP contribution < -0.4 is 9.62 Å². The van der Waals surface area contributed by atoms with Crippen LogP contribution in [0.2, 0.25) is 0 Å². The molecule has 2 amide bonds. The van der Waals surface area contributed by atoms with Gasteiger partial charge in [-0.1, -0.05) is 38.1 Å². The van der Waals surface area contributed by atoms with Crippen molar-refractivity contribution < 1.29 is 22.4 Å². The zero-order valence-electron chi connectivity index (χ0n) is 21.0. The first-order chi connectivity index (χ1) is 16.6. The van der Waals surface area contributed by atoms with Crippen LogP contribution in [0.25, 0.3) is 0 Å². The Labute approximate surface area is 208 Å². The van der Waals surface area contributed by atoms with E-state index >= 15 is 0 Å². The minimum atomic E-state index is -3.54. The van der Waals surface area contributed by atoms with Crippen LogP contribution in [-0.2, 0) is 26.2 Å². The number of nitrogens with zero attached hydrogens (tertiary/aromatic N) is 2. The standard InChI is InChI=1S/C26H36FN3O4S/c1-5-16-28-26(32)24(6-2)29(19-21-12-14-22(27)15-13-21)25(31)11-8-17-30(35(4,33)34)23-10-7-9-20(3)18-23/h7,9-10,12-15,18,24H,5-6,8,11,16-17,19H2,1-4H3,(H,28,32)/t24-/m1/s1. The molecule has 0 saturated heterocycles. The van der Waals surface area contributed by atoms with Gasteiger partial charge in [0.1, 0.15) is 11.9 Å². The first kappa shape index (κ1) is 28.3. The van der Waals surface area contributed by atoms with Crippen molar-refractivity contribution in [1.29, 1.82) is 0 Å². The van der Waals surface area contributed by atoms with Gasteiger partial charge in [-0.2, -0.15) is 0 Å². The summed E-state index contributed by atoms with van der Waals surface area (Å²) in [4.78, 5) is 27.6. The van der Waals surface area contributed by atoms with E-state index in [4.69, 9.17) is 0 Å². The number of sulfonamides is 1. The number of hydrogen-bond donors (Lipinski definition) is 1. The molecule has 0 bridgehead atoms. The summed E-state index contributed by atoms with van der Waals surface area (Å²) in [6.07, 6.45) is 2.68. The molecule has 0 heterocycles. The normalized spacial score (nSPS) is 12.1. The van der Waals surface area contributed by atoms with Crippen LogP contribution in [0.5, 0.6) is 0 Å². The van der Waals surface area contributed by atoms with Gasteiger partial charge in [-0.3, -0.25) is 13.9 Å². The van der Waals surface area contributed by atoms with E-state index in [0.717, 1.165) is 18.2 Å². The SMILES string of the molecule is CCCNC(=O)[C@@H](CC)N(Cc1ccc(F)cc1)C(=O)CCCN(c1cccc(C)c1)S(C)(=O)=O. The van der Waals surface area contributed by atoms with Crippen molar-refractivity contribution in [1.82, 2.24) is 10.2 Å². The van der Waals surface area contributed by atoms with Crippen molar-refractivity contribution in [2.45, 2.75) is 59.0 Å². The van der Waals surface area contributed by atoms with Crippen molar-refractivity contribution in [3.05, 3.63) is 65.5 Å². The van der Waals surface area contributed by atoms with E-state index in [0.29, 0.717) is 24.2 Å². The van der Waals surface area contributed by atoms with Gasteiger partial charge in [-0.15, -0.1) is 0 Å². The van der Waals surface area contributed by atoms with Crippen LogP contribution >= 0.6 is 0 Å². The van der Waals surface area contributed by atoms with Crippen molar-refractivity contribution in [3.63, 3.8) is 0 Å². The van der Waals surface area contributed by atoms with Crippen LogP contribution in [0.4, 0.5) is 10.1 Å². The highest BCUT2D eigenvalue weighted by Crippen LogP contribution is 2.20. The second kappa shape index (κ2) is 13.2. The molecule has 2 rings (SSSR count). The fourth-order valence-corrected chi connectivity index (χ4v) is 4.82. The molecule has 0 saturated carbocycles. The van der Waals surface area contributed by atoms with E-state index in [1.54, 1.807) is 30.3 Å². The highest BCUT2D eigenvalue weighted by molar-refractivity contribution is 7.92. The topological polar surface area (TPSA) is 86.8 Å². The molecule has 0 fully saturated rings. The maximum Gasteiger partial charge on any atom is 0.242 e. The van der Waals surface area contributed by atoms with Gasteiger partial charge in [0.2, 0.25) is 21.8 Å². The predicted octanol–water partition coefficient (Wildman–Crippen LogP) is 4.01. The molecule has 2 aromatic rings. The molecule has 1 N–H and O–H groups in total. The summed E-state index contributed by atoms with van der Waals surface area (Å²) in [6, 6.07) is 12.3. The van der Waals surface area contributed by atoms with E-state index < -0.39 is 16.1 Å². The van der Waals surface area contributed by atoms with Crippen LogP contribution in [0.15, 0.2) is 48.5 Å². The van der Waals surface area contributed by atoms with Crippen molar-refractivity contribution in [2.24, 2.45) is 0 Å². The van der Waals surface area contributed by atoms with Gasteiger partial charge in [0.05, 0.1) is 11.9 Å². The highest BCUT2D eigenvalue weighted by atomic mass is 32.2. The van der Waals surface area contributed by atoms with Gasteiger partial charge in [0.15, 0.2) is 0 Å². The fourth-order valence-electron chi connectivity index (χ4n) is 3.86. The lowest BCUT2D eigenvalue weighted by molar-refractivity contribution is -0.141. The van der Waals surface area contributed by atoms with Gasteiger partial charge in [0, 0.05) is 26.1 Å². The molecule has 9 heteroatoms. The molecule has 35 heavy (non-hydrogen) atoms. The third kappa shape index (κ3) is 8.65. The van der Waals surface area contributed by atoms with E-state index in [1.807, 2.05) is 26.8 Å². The minimum Gasteiger partial charge on any atom is -0.354 e. The summed E-state index contributed by atoms with van der Waals surface area (Å²) >= 11 is 0. The lowest BCUT2D eigenvalue weighted by Crippen LogP contribution is -2.49. The maximum absolute atomic E-state index is 13.4. The molecule has 0 aliphatic heterocycles. The zero-order chi connectivity index (χ0) is 26.0. The van der Waals surface area contributed by atoms with Crippen LogP contribution in [0.3, 0.4) is 0 Å². The number of anilines is 1.